The van der Waals surface area contributed by atoms with Gasteiger partial charge in [-0.2, -0.15) is 13.2 Å². The summed E-state index contributed by atoms with van der Waals surface area (Å²) >= 11 is 0. The highest BCUT2D eigenvalue weighted by Crippen LogP contribution is 2.39. The van der Waals surface area contributed by atoms with Crippen molar-refractivity contribution in [3.05, 3.63) is 24.3 Å². The number of alkyl halides is 3. The summed E-state index contributed by atoms with van der Waals surface area (Å²) in [5.41, 5.74) is -0.875. The monoisotopic (exact) mass is 315 g/mol. The van der Waals surface area contributed by atoms with Crippen LogP contribution in [-0.4, -0.2) is 28.6 Å². The minimum Gasteiger partial charge on any atom is -0.319 e. The summed E-state index contributed by atoms with van der Waals surface area (Å²) in [5.74, 6) is -1.69. The SMILES string of the molecule is CCCCCC1CC=CC2(C=CCCC2)N1C(=O)C(F)(F)F. The number of nitrogens with zero attached hydrogens (tertiary/aromatic N) is 1. The van der Waals surface area contributed by atoms with Crippen molar-refractivity contribution in [1.82, 2.24) is 4.90 Å². The van der Waals surface area contributed by atoms with E-state index < -0.39 is 17.6 Å². The summed E-state index contributed by atoms with van der Waals surface area (Å²) in [6.45, 7) is 2.06. The van der Waals surface area contributed by atoms with Crippen LogP contribution in [0, 0.1) is 0 Å². The van der Waals surface area contributed by atoms with Crippen LogP contribution in [0.25, 0.3) is 0 Å². The Morgan fingerprint density at radius 3 is 2.59 bits per heavy atom. The normalized spacial score (nSPS) is 28.4. The zero-order valence-electron chi connectivity index (χ0n) is 13.0. The van der Waals surface area contributed by atoms with Crippen LogP contribution in [-0.2, 0) is 4.79 Å². The molecule has 0 saturated carbocycles. The van der Waals surface area contributed by atoms with E-state index in [1.807, 2.05) is 12.2 Å². The van der Waals surface area contributed by atoms with Gasteiger partial charge < -0.3 is 4.90 Å². The first kappa shape index (κ1) is 17.1. The second-order valence-corrected chi connectivity index (χ2v) is 6.25. The lowest BCUT2D eigenvalue weighted by Crippen LogP contribution is -2.60. The second-order valence-electron chi connectivity index (χ2n) is 6.25. The van der Waals surface area contributed by atoms with E-state index in [0.717, 1.165) is 37.0 Å². The van der Waals surface area contributed by atoms with Gasteiger partial charge in [-0.1, -0.05) is 50.5 Å². The van der Waals surface area contributed by atoms with E-state index in [2.05, 4.69) is 6.92 Å². The Morgan fingerprint density at radius 2 is 2.00 bits per heavy atom. The van der Waals surface area contributed by atoms with E-state index in [4.69, 9.17) is 0 Å². The third-order valence-corrected chi connectivity index (χ3v) is 4.58. The van der Waals surface area contributed by atoms with Gasteiger partial charge in [-0.25, -0.2) is 0 Å². The van der Waals surface area contributed by atoms with E-state index in [1.165, 1.54) is 0 Å². The van der Waals surface area contributed by atoms with Gasteiger partial charge in [0.05, 0.1) is 5.54 Å². The summed E-state index contributed by atoms with van der Waals surface area (Å²) in [5, 5.41) is 0. The molecule has 0 fully saturated rings. The van der Waals surface area contributed by atoms with Crippen molar-refractivity contribution >= 4 is 5.91 Å². The molecule has 0 radical (unpaired) electrons. The third kappa shape index (κ3) is 3.55. The highest BCUT2D eigenvalue weighted by atomic mass is 19.4. The molecule has 22 heavy (non-hydrogen) atoms. The van der Waals surface area contributed by atoms with Gasteiger partial charge in [-0.05, 0) is 32.1 Å². The Hall–Kier alpha value is -1.26. The van der Waals surface area contributed by atoms with Gasteiger partial charge in [-0.3, -0.25) is 4.79 Å². The second kappa shape index (κ2) is 6.88. The molecule has 0 bridgehead atoms. The summed E-state index contributed by atoms with van der Waals surface area (Å²) in [6, 6.07) is -0.353. The molecular weight excluding hydrogens is 291 g/mol. The zero-order valence-corrected chi connectivity index (χ0v) is 13.0. The standard InChI is InChI=1S/C17H24F3NO/c1-2-3-5-9-14-10-8-13-16(11-6-4-7-12-16)21(14)15(22)17(18,19)20/h6,8,11,13-14H,2-5,7,9-10,12H2,1H3. The molecule has 124 valence electrons. The highest BCUT2D eigenvalue weighted by molar-refractivity contribution is 5.84. The Balaban J connectivity index is 2.30. The molecule has 5 heteroatoms. The van der Waals surface area contributed by atoms with E-state index >= 15 is 0 Å². The number of amides is 1. The van der Waals surface area contributed by atoms with E-state index in [1.54, 1.807) is 12.2 Å². The number of allylic oxidation sites excluding steroid dienone is 1. The van der Waals surface area contributed by atoms with Gasteiger partial charge >= 0.3 is 12.1 Å². The molecular formula is C17H24F3NO. The van der Waals surface area contributed by atoms with Gasteiger partial charge in [0.15, 0.2) is 0 Å². The molecule has 0 N–H and O–H groups in total. The van der Waals surface area contributed by atoms with Crippen LogP contribution in [0.15, 0.2) is 24.3 Å². The first-order valence-electron chi connectivity index (χ1n) is 8.16. The van der Waals surface area contributed by atoms with Gasteiger partial charge in [0, 0.05) is 6.04 Å². The van der Waals surface area contributed by atoms with E-state index in [-0.39, 0.29) is 6.04 Å². The molecule has 2 nitrogen and oxygen atoms in total. The summed E-state index contributed by atoms with van der Waals surface area (Å²) in [6.07, 6.45) is 8.88. The van der Waals surface area contributed by atoms with Crippen LogP contribution >= 0.6 is 0 Å². The number of hydrogen-bond donors (Lipinski definition) is 0. The van der Waals surface area contributed by atoms with Crippen molar-refractivity contribution in [2.24, 2.45) is 0 Å². The summed E-state index contributed by atoms with van der Waals surface area (Å²) < 4.78 is 39.3. The minimum atomic E-state index is -4.81. The first-order valence-corrected chi connectivity index (χ1v) is 8.16. The molecule has 2 atom stereocenters. The molecule has 2 aliphatic rings. The van der Waals surface area contributed by atoms with Crippen LogP contribution in [0.4, 0.5) is 13.2 Å². The van der Waals surface area contributed by atoms with Crippen molar-refractivity contribution in [1.29, 1.82) is 0 Å². The predicted molar refractivity (Wildman–Crippen MR) is 80.3 cm³/mol. The fourth-order valence-corrected chi connectivity index (χ4v) is 3.54. The van der Waals surface area contributed by atoms with Gasteiger partial charge in [0.1, 0.15) is 0 Å². The lowest BCUT2D eigenvalue weighted by molar-refractivity contribution is -0.193. The molecule has 1 spiro atoms. The maximum absolute atomic E-state index is 13.1. The Morgan fingerprint density at radius 1 is 1.27 bits per heavy atom. The van der Waals surface area contributed by atoms with Crippen molar-refractivity contribution < 1.29 is 18.0 Å². The molecule has 2 rings (SSSR count). The van der Waals surface area contributed by atoms with Crippen LogP contribution in [0.5, 0.6) is 0 Å². The van der Waals surface area contributed by atoms with Gasteiger partial charge in [-0.15, -0.1) is 0 Å². The average molecular weight is 315 g/mol. The smallest absolute Gasteiger partial charge is 0.319 e. The third-order valence-electron chi connectivity index (χ3n) is 4.58. The average Bonchev–Trinajstić information content (AvgIpc) is 2.47. The zero-order chi connectivity index (χ0) is 16.2. The Labute approximate surface area is 130 Å². The van der Waals surface area contributed by atoms with Crippen molar-refractivity contribution in [3.63, 3.8) is 0 Å². The molecule has 1 heterocycles. The molecule has 1 amide bonds. The molecule has 0 saturated heterocycles. The molecule has 1 aliphatic carbocycles. The van der Waals surface area contributed by atoms with Gasteiger partial charge in [0.2, 0.25) is 0 Å². The number of unbranched alkanes of at least 4 members (excludes halogenated alkanes) is 2. The van der Waals surface area contributed by atoms with Crippen molar-refractivity contribution in [2.75, 3.05) is 0 Å². The number of halogens is 3. The molecule has 0 aromatic rings. The Bertz CT molecular complexity index is 455. The van der Waals surface area contributed by atoms with Crippen LogP contribution in [0.1, 0.15) is 58.3 Å². The summed E-state index contributed by atoms with van der Waals surface area (Å²) in [7, 11) is 0. The quantitative estimate of drug-likeness (QED) is 0.541. The van der Waals surface area contributed by atoms with Crippen LogP contribution < -0.4 is 0 Å². The lowest BCUT2D eigenvalue weighted by Gasteiger charge is -2.48. The maximum Gasteiger partial charge on any atom is 0.471 e. The molecule has 0 aromatic heterocycles. The predicted octanol–water partition coefficient (Wildman–Crippen LogP) is 4.77. The molecule has 2 unspecified atom stereocenters. The number of rotatable bonds is 4. The highest BCUT2D eigenvalue weighted by Gasteiger charge is 2.51. The van der Waals surface area contributed by atoms with Crippen molar-refractivity contribution in [2.45, 2.75) is 76.0 Å². The van der Waals surface area contributed by atoms with Gasteiger partial charge in [0.25, 0.3) is 0 Å². The topological polar surface area (TPSA) is 20.3 Å². The number of carbonyl (C=O) groups excluding carboxylic acids is 1. The Kier molecular flexibility index (Phi) is 5.35. The first-order chi connectivity index (χ1) is 10.4. The minimum absolute atomic E-state index is 0.353. The molecule has 0 aromatic carbocycles. The fraction of sp³-hybridized carbons (Fsp3) is 0.706. The van der Waals surface area contributed by atoms with Crippen LogP contribution in [0.3, 0.4) is 0 Å². The largest absolute Gasteiger partial charge is 0.471 e. The van der Waals surface area contributed by atoms with E-state index in [0.29, 0.717) is 19.3 Å². The number of carbonyl (C=O) groups is 1. The van der Waals surface area contributed by atoms with Crippen molar-refractivity contribution in [3.8, 4) is 0 Å². The lowest BCUT2D eigenvalue weighted by atomic mass is 9.80. The fourth-order valence-electron chi connectivity index (χ4n) is 3.54. The summed E-state index contributed by atoms with van der Waals surface area (Å²) in [4.78, 5) is 13.2. The number of hydrogen-bond acceptors (Lipinski definition) is 1. The maximum atomic E-state index is 13.1. The molecule has 1 aliphatic heterocycles. The van der Waals surface area contributed by atoms with E-state index in [9.17, 15) is 18.0 Å². The van der Waals surface area contributed by atoms with Crippen LogP contribution in [0.2, 0.25) is 0 Å².